The molecule has 2 aromatic rings. The minimum Gasteiger partial charge on any atom is -0.481 e. The molecular formula is C12H13N3O2S. The monoisotopic (exact) mass is 263 g/mol. The average Bonchev–Trinajstić information content (AvgIpc) is 2.90. The lowest BCUT2D eigenvalue weighted by Crippen LogP contribution is -2.20. The molecule has 2 rings (SSSR count). The van der Waals surface area contributed by atoms with Gasteiger partial charge < -0.3 is 10.4 Å². The predicted octanol–water partition coefficient (Wildman–Crippen LogP) is 2.34. The number of nitrogens with zero attached hydrogens (tertiary/aromatic N) is 2. The third-order valence-corrected chi connectivity index (χ3v) is 3.36. The summed E-state index contributed by atoms with van der Waals surface area (Å²) in [6.07, 6.45) is 3.46. The van der Waals surface area contributed by atoms with E-state index >= 15 is 0 Å². The maximum Gasteiger partial charge on any atom is 0.308 e. The smallest absolute Gasteiger partial charge is 0.308 e. The van der Waals surface area contributed by atoms with Crippen molar-refractivity contribution >= 4 is 23.3 Å². The molecule has 0 fully saturated rings. The van der Waals surface area contributed by atoms with Gasteiger partial charge >= 0.3 is 5.97 Å². The molecule has 6 heteroatoms. The molecule has 0 saturated heterocycles. The summed E-state index contributed by atoms with van der Waals surface area (Å²) in [6.45, 7) is 1.95. The van der Waals surface area contributed by atoms with Crippen molar-refractivity contribution in [1.29, 1.82) is 0 Å². The second-order valence-corrected chi connectivity index (χ2v) is 4.84. The van der Waals surface area contributed by atoms with E-state index in [1.54, 1.807) is 30.7 Å². The van der Waals surface area contributed by atoms with Gasteiger partial charge in [0, 0.05) is 29.4 Å². The summed E-state index contributed by atoms with van der Waals surface area (Å²) in [5.74, 6) is -0.855. The predicted molar refractivity (Wildman–Crippen MR) is 70.6 cm³/mol. The SMILES string of the molecule is CC(CNc1ncc(-c2cccs2)cn1)C(=O)O. The maximum atomic E-state index is 10.7. The molecule has 18 heavy (non-hydrogen) atoms. The van der Waals surface area contributed by atoms with Gasteiger partial charge in [-0.15, -0.1) is 11.3 Å². The van der Waals surface area contributed by atoms with E-state index in [4.69, 9.17) is 5.11 Å². The van der Waals surface area contributed by atoms with Gasteiger partial charge in [0.05, 0.1) is 5.92 Å². The second-order valence-electron chi connectivity index (χ2n) is 3.89. The van der Waals surface area contributed by atoms with Gasteiger partial charge in [-0.25, -0.2) is 9.97 Å². The summed E-state index contributed by atoms with van der Waals surface area (Å²) in [4.78, 5) is 20.1. The van der Waals surface area contributed by atoms with Crippen molar-refractivity contribution in [3.8, 4) is 10.4 Å². The molecule has 0 saturated carbocycles. The lowest BCUT2D eigenvalue weighted by Gasteiger charge is -2.07. The third-order valence-electron chi connectivity index (χ3n) is 2.45. The molecule has 0 aliphatic rings. The number of carboxylic acids is 1. The summed E-state index contributed by atoms with van der Waals surface area (Å²) in [5.41, 5.74) is 0.960. The molecular weight excluding hydrogens is 250 g/mol. The molecule has 5 nitrogen and oxygen atoms in total. The molecule has 0 aliphatic heterocycles. The summed E-state index contributed by atoms with van der Waals surface area (Å²) in [6, 6.07) is 3.98. The zero-order chi connectivity index (χ0) is 13.0. The highest BCUT2D eigenvalue weighted by Gasteiger charge is 2.10. The van der Waals surface area contributed by atoms with Crippen molar-refractivity contribution < 1.29 is 9.90 Å². The highest BCUT2D eigenvalue weighted by atomic mass is 32.1. The summed E-state index contributed by atoms with van der Waals surface area (Å²) < 4.78 is 0. The number of hydrogen-bond acceptors (Lipinski definition) is 5. The van der Waals surface area contributed by atoms with Gasteiger partial charge in [0.2, 0.25) is 5.95 Å². The van der Waals surface area contributed by atoms with Crippen LogP contribution in [0.4, 0.5) is 5.95 Å². The van der Waals surface area contributed by atoms with Crippen molar-refractivity contribution in [3.05, 3.63) is 29.9 Å². The second kappa shape index (κ2) is 5.59. The lowest BCUT2D eigenvalue weighted by molar-refractivity contribution is -0.140. The highest BCUT2D eigenvalue weighted by Crippen LogP contribution is 2.23. The fourth-order valence-electron chi connectivity index (χ4n) is 1.32. The van der Waals surface area contributed by atoms with E-state index in [9.17, 15) is 4.79 Å². The van der Waals surface area contributed by atoms with E-state index in [1.807, 2.05) is 17.5 Å². The summed E-state index contributed by atoms with van der Waals surface area (Å²) >= 11 is 1.63. The zero-order valence-electron chi connectivity index (χ0n) is 9.83. The highest BCUT2D eigenvalue weighted by molar-refractivity contribution is 7.13. The molecule has 0 aliphatic carbocycles. The molecule has 1 atom stereocenters. The Kier molecular flexibility index (Phi) is 3.88. The summed E-state index contributed by atoms with van der Waals surface area (Å²) in [7, 11) is 0. The van der Waals surface area contributed by atoms with Gasteiger partial charge in [-0.2, -0.15) is 0 Å². The number of aliphatic carboxylic acids is 1. The van der Waals surface area contributed by atoms with Crippen LogP contribution in [-0.2, 0) is 4.79 Å². The number of thiophene rings is 1. The van der Waals surface area contributed by atoms with E-state index in [0.717, 1.165) is 10.4 Å². The fraction of sp³-hybridized carbons (Fsp3) is 0.250. The van der Waals surface area contributed by atoms with E-state index in [0.29, 0.717) is 12.5 Å². The average molecular weight is 263 g/mol. The van der Waals surface area contributed by atoms with Crippen molar-refractivity contribution in [1.82, 2.24) is 9.97 Å². The van der Waals surface area contributed by atoms with Crippen LogP contribution in [0.15, 0.2) is 29.9 Å². The first-order chi connectivity index (χ1) is 8.66. The van der Waals surface area contributed by atoms with E-state index < -0.39 is 11.9 Å². The Morgan fingerprint density at radius 1 is 1.50 bits per heavy atom. The Hall–Kier alpha value is -1.95. The molecule has 2 N–H and O–H groups in total. The molecule has 0 aromatic carbocycles. The number of nitrogens with one attached hydrogen (secondary N) is 1. The molecule has 94 valence electrons. The van der Waals surface area contributed by atoms with Crippen molar-refractivity contribution in [2.24, 2.45) is 5.92 Å². The van der Waals surface area contributed by atoms with Gasteiger partial charge in [0.25, 0.3) is 0 Å². The Bertz CT molecular complexity index is 511. The first-order valence-electron chi connectivity index (χ1n) is 5.49. The lowest BCUT2D eigenvalue weighted by atomic mass is 10.2. The number of hydrogen-bond donors (Lipinski definition) is 2. The van der Waals surface area contributed by atoms with Crippen LogP contribution in [-0.4, -0.2) is 27.6 Å². The van der Waals surface area contributed by atoms with Crippen LogP contribution < -0.4 is 5.32 Å². The Balaban J connectivity index is 1.98. The molecule has 2 heterocycles. The molecule has 0 bridgehead atoms. The number of carboxylic acid groups (broad SMARTS) is 1. The summed E-state index contributed by atoms with van der Waals surface area (Å²) in [5, 5.41) is 13.6. The Morgan fingerprint density at radius 2 is 2.22 bits per heavy atom. The molecule has 2 aromatic heterocycles. The van der Waals surface area contributed by atoms with E-state index in [-0.39, 0.29) is 0 Å². The van der Waals surface area contributed by atoms with Crippen LogP contribution in [0.1, 0.15) is 6.92 Å². The first-order valence-corrected chi connectivity index (χ1v) is 6.37. The Labute approximate surface area is 109 Å². The maximum absolute atomic E-state index is 10.7. The topological polar surface area (TPSA) is 75.1 Å². The minimum atomic E-state index is -0.835. The standard InChI is InChI=1S/C12H13N3O2S/c1-8(11(16)17)5-13-12-14-6-9(7-15-12)10-3-2-4-18-10/h2-4,6-8H,5H2,1H3,(H,16,17)(H,13,14,15). The van der Waals surface area contributed by atoms with Crippen molar-refractivity contribution in [2.75, 3.05) is 11.9 Å². The van der Waals surface area contributed by atoms with Gasteiger partial charge in [0.1, 0.15) is 0 Å². The molecule has 1 unspecified atom stereocenters. The number of rotatable bonds is 5. The zero-order valence-corrected chi connectivity index (χ0v) is 10.6. The van der Waals surface area contributed by atoms with E-state index in [1.165, 1.54) is 0 Å². The third kappa shape index (κ3) is 3.04. The van der Waals surface area contributed by atoms with Crippen LogP contribution in [0, 0.1) is 5.92 Å². The minimum absolute atomic E-state index is 0.313. The van der Waals surface area contributed by atoms with Gasteiger partial charge in [0.15, 0.2) is 0 Å². The normalized spacial score (nSPS) is 12.1. The van der Waals surface area contributed by atoms with Crippen LogP contribution in [0.5, 0.6) is 0 Å². The van der Waals surface area contributed by atoms with Gasteiger partial charge in [-0.05, 0) is 11.4 Å². The molecule has 0 radical (unpaired) electrons. The Morgan fingerprint density at radius 3 is 2.78 bits per heavy atom. The largest absolute Gasteiger partial charge is 0.481 e. The number of carbonyl (C=O) groups is 1. The van der Waals surface area contributed by atoms with Crippen LogP contribution >= 0.6 is 11.3 Å². The van der Waals surface area contributed by atoms with Crippen molar-refractivity contribution in [3.63, 3.8) is 0 Å². The number of aromatic nitrogens is 2. The van der Waals surface area contributed by atoms with Crippen molar-refractivity contribution in [2.45, 2.75) is 6.92 Å². The molecule has 0 spiro atoms. The van der Waals surface area contributed by atoms with Gasteiger partial charge in [-0.3, -0.25) is 4.79 Å². The quantitative estimate of drug-likeness (QED) is 0.866. The van der Waals surface area contributed by atoms with Crippen LogP contribution in [0.2, 0.25) is 0 Å². The van der Waals surface area contributed by atoms with Gasteiger partial charge in [-0.1, -0.05) is 13.0 Å². The van der Waals surface area contributed by atoms with E-state index in [2.05, 4.69) is 15.3 Å². The fourth-order valence-corrected chi connectivity index (χ4v) is 2.02. The van der Waals surface area contributed by atoms with Crippen LogP contribution in [0.25, 0.3) is 10.4 Å². The number of anilines is 1. The van der Waals surface area contributed by atoms with Crippen LogP contribution in [0.3, 0.4) is 0 Å². The molecule has 0 amide bonds. The first kappa shape index (κ1) is 12.5.